The Morgan fingerprint density at radius 3 is 1.69 bits per heavy atom. The Hall–Kier alpha value is -0.150. The van der Waals surface area contributed by atoms with E-state index in [4.69, 9.17) is 0 Å². The molecule has 1 aromatic rings. The average molecular weight is 266 g/mol. The number of ether oxygens (including phenoxy) is 1. The first-order valence-corrected chi connectivity index (χ1v) is 4.48. The van der Waals surface area contributed by atoms with Gasteiger partial charge in [0.15, 0.2) is 17.4 Å². The zero-order valence-corrected chi connectivity index (χ0v) is 11.0. The van der Waals surface area contributed by atoms with Crippen LogP contribution in [0.25, 0.3) is 0 Å². The van der Waals surface area contributed by atoms with E-state index in [-0.39, 0.29) is 29.6 Å². The summed E-state index contributed by atoms with van der Waals surface area (Å²) in [4.78, 5) is -1.69. The van der Waals surface area contributed by atoms with E-state index in [1.165, 1.54) is 0 Å². The van der Waals surface area contributed by atoms with Crippen molar-refractivity contribution in [3.8, 4) is 5.75 Å². The van der Waals surface area contributed by atoms with Gasteiger partial charge < -0.3 is 9.29 Å². The number of rotatable bonds is 2. The minimum absolute atomic E-state index is 0. The maximum Gasteiger partial charge on any atom is 1.00 e. The van der Waals surface area contributed by atoms with Crippen molar-refractivity contribution in [1.29, 1.82) is 0 Å². The quantitative estimate of drug-likeness (QED) is 0.283. The molecule has 0 aliphatic rings. The standard InChI is InChI=1S/C7H4F4O3S.Na/c1-14-6-2(8)4(10)7(15(12)13)5(11)3(6)9;/h1H3,(H,12,13);/q;+1/p-1. The van der Waals surface area contributed by atoms with Gasteiger partial charge >= 0.3 is 29.6 Å². The minimum Gasteiger partial charge on any atom is -0.768 e. The van der Waals surface area contributed by atoms with Crippen LogP contribution < -0.4 is 34.3 Å². The fourth-order valence-electron chi connectivity index (χ4n) is 0.917. The largest absolute Gasteiger partial charge is 1.00 e. The van der Waals surface area contributed by atoms with Gasteiger partial charge in [-0.15, -0.1) is 0 Å². The van der Waals surface area contributed by atoms with E-state index in [2.05, 4.69) is 4.74 Å². The predicted molar refractivity (Wildman–Crippen MR) is 40.0 cm³/mol. The van der Waals surface area contributed by atoms with Crippen molar-refractivity contribution in [2.24, 2.45) is 0 Å². The molecule has 1 rings (SSSR count). The van der Waals surface area contributed by atoms with Crippen LogP contribution in [0.5, 0.6) is 5.75 Å². The van der Waals surface area contributed by atoms with Crippen molar-refractivity contribution in [3.63, 3.8) is 0 Å². The third-order valence-electron chi connectivity index (χ3n) is 1.55. The summed E-state index contributed by atoms with van der Waals surface area (Å²) >= 11 is -3.42. The van der Waals surface area contributed by atoms with Gasteiger partial charge in [0, 0.05) is 0 Å². The normalized spacial score (nSPS) is 11.9. The summed E-state index contributed by atoms with van der Waals surface area (Å²) < 4.78 is 76.2. The second kappa shape index (κ2) is 5.97. The molecule has 0 amide bonds. The van der Waals surface area contributed by atoms with Crippen molar-refractivity contribution in [2.75, 3.05) is 7.11 Å². The number of halogens is 4. The van der Waals surface area contributed by atoms with Crippen LogP contribution in [-0.4, -0.2) is 15.9 Å². The van der Waals surface area contributed by atoms with Crippen LogP contribution in [0.2, 0.25) is 0 Å². The van der Waals surface area contributed by atoms with Gasteiger partial charge in [0.05, 0.1) is 7.11 Å². The van der Waals surface area contributed by atoms with E-state index in [1.54, 1.807) is 0 Å². The summed E-state index contributed by atoms with van der Waals surface area (Å²) in [7, 11) is 0.786. The van der Waals surface area contributed by atoms with E-state index < -0.39 is 45.0 Å². The number of hydrogen-bond donors (Lipinski definition) is 0. The molecule has 84 valence electrons. The van der Waals surface area contributed by atoms with E-state index in [9.17, 15) is 26.3 Å². The van der Waals surface area contributed by atoms with Crippen molar-refractivity contribution >= 4 is 11.1 Å². The molecule has 0 spiro atoms. The van der Waals surface area contributed by atoms with Crippen LogP contribution in [0.1, 0.15) is 0 Å². The van der Waals surface area contributed by atoms with Gasteiger partial charge in [0.25, 0.3) is 0 Å². The summed E-state index contributed by atoms with van der Waals surface area (Å²) in [5.74, 6) is -9.12. The molecule has 3 nitrogen and oxygen atoms in total. The van der Waals surface area contributed by atoms with E-state index >= 15 is 0 Å². The molecule has 16 heavy (non-hydrogen) atoms. The summed E-state index contributed by atoms with van der Waals surface area (Å²) in [6.07, 6.45) is 0. The van der Waals surface area contributed by atoms with Crippen LogP contribution in [-0.2, 0) is 11.1 Å². The van der Waals surface area contributed by atoms with Crippen LogP contribution in [0.4, 0.5) is 17.6 Å². The zero-order valence-electron chi connectivity index (χ0n) is 8.14. The Morgan fingerprint density at radius 1 is 1.06 bits per heavy atom. The summed E-state index contributed by atoms with van der Waals surface area (Å²) in [5.41, 5.74) is 0. The van der Waals surface area contributed by atoms with Gasteiger partial charge in [-0.3, -0.25) is 4.21 Å². The van der Waals surface area contributed by atoms with Crippen molar-refractivity contribution in [1.82, 2.24) is 0 Å². The molecule has 0 aliphatic heterocycles. The molecule has 0 heterocycles. The monoisotopic (exact) mass is 266 g/mol. The summed E-state index contributed by atoms with van der Waals surface area (Å²) in [6, 6.07) is 0. The molecule has 0 aromatic heterocycles. The maximum absolute atomic E-state index is 12.9. The van der Waals surface area contributed by atoms with Crippen LogP contribution in [0.3, 0.4) is 0 Å². The van der Waals surface area contributed by atoms with Crippen molar-refractivity contribution in [2.45, 2.75) is 4.90 Å². The van der Waals surface area contributed by atoms with Gasteiger partial charge in [-0.05, 0) is 11.1 Å². The molecule has 0 saturated carbocycles. The molecular formula is C7H3F4NaO3S. The topological polar surface area (TPSA) is 49.4 Å². The molecular weight excluding hydrogens is 263 g/mol. The van der Waals surface area contributed by atoms with Gasteiger partial charge in [0.1, 0.15) is 4.90 Å². The first-order valence-electron chi connectivity index (χ1n) is 3.41. The second-order valence-electron chi connectivity index (χ2n) is 2.35. The number of hydrogen-bond acceptors (Lipinski definition) is 3. The Kier molecular flexibility index (Phi) is 5.91. The van der Waals surface area contributed by atoms with E-state index in [1.807, 2.05) is 0 Å². The second-order valence-corrected chi connectivity index (χ2v) is 3.23. The van der Waals surface area contributed by atoms with Gasteiger partial charge in [0.2, 0.25) is 11.6 Å². The number of methoxy groups -OCH3 is 1. The minimum atomic E-state index is -3.42. The Balaban J connectivity index is 0.00000225. The Morgan fingerprint density at radius 2 is 1.44 bits per heavy atom. The van der Waals surface area contributed by atoms with Gasteiger partial charge in [-0.25, -0.2) is 8.78 Å². The summed E-state index contributed by atoms with van der Waals surface area (Å²) in [6.45, 7) is 0. The zero-order chi connectivity index (χ0) is 11.7. The molecule has 0 aliphatic carbocycles. The maximum atomic E-state index is 12.9. The van der Waals surface area contributed by atoms with E-state index in [0.717, 1.165) is 7.11 Å². The molecule has 0 N–H and O–H groups in total. The number of benzene rings is 1. The summed E-state index contributed by atoms with van der Waals surface area (Å²) in [5, 5.41) is 0. The fraction of sp³-hybridized carbons (Fsp3) is 0.143. The molecule has 1 unspecified atom stereocenters. The van der Waals surface area contributed by atoms with Gasteiger partial charge in [-0.1, -0.05) is 0 Å². The van der Waals surface area contributed by atoms with Crippen molar-refractivity contribution < 1.29 is 60.6 Å². The molecule has 1 aromatic carbocycles. The average Bonchev–Trinajstić information content (AvgIpc) is 2.16. The third kappa shape index (κ3) is 2.57. The SMILES string of the molecule is COc1c(F)c(F)c(S(=O)[O-])c(F)c1F.[Na+]. The van der Waals surface area contributed by atoms with Crippen LogP contribution in [0, 0.1) is 23.3 Å². The molecule has 0 fully saturated rings. The third-order valence-corrected chi connectivity index (χ3v) is 2.25. The molecule has 9 heteroatoms. The molecule has 0 bridgehead atoms. The smallest absolute Gasteiger partial charge is 0.768 e. The van der Waals surface area contributed by atoms with Crippen LogP contribution >= 0.6 is 0 Å². The first-order chi connectivity index (χ1) is 6.91. The van der Waals surface area contributed by atoms with Crippen LogP contribution in [0.15, 0.2) is 4.90 Å². The van der Waals surface area contributed by atoms with Gasteiger partial charge in [-0.2, -0.15) is 8.78 Å². The van der Waals surface area contributed by atoms with E-state index in [0.29, 0.717) is 0 Å². The molecule has 0 radical (unpaired) electrons. The Bertz CT molecular complexity index is 411. The molecule has 1 atom stereocenters. The predicted octanol–water partition coefficient (Wildman–Crippen LogP) is -1.51. The Labute approximate surface area is 112 Å². The first kappa shape index (κ1) is 15.9. The fourth-order valence-corrected chi connectivity index (χ4v) is 1.39. The van der Waals surface area contributed by atoms with Crippen molar-refractivity contribution in [3.05, 3.63) is 23.3 Å². The molecule has 0 saturated heterocycles.